The smallest absolute Gasteiger partial charge is 0.318 e. The summed E-state index contributed by atoms with van der Waals surface area (Å²) < 4.78 is 5.17. The SMILES string of the molecule is COc1ccc(CNC(=O)N(CCc2ccccc2)Cc2ccccn2)cc1. The summed E-state index contributed by atoms with van der Waals surface area (Å²) in [6.45, 7) is 1.56. The fourth-order valence-corrected chi connectivity index (χ4v) is 2.88. The van der Waals surface area contributed by atoms with E-state index in [-0.39, 0.29) is 6.03 Å². The molecule has 28 heavy (non-hydrogen) atoms. The Morgan fingerprint density at radius 1 is 0.964 bits per heavy atom. The molecule has 0 spiro atoms. The van der Waals surface area contributed by atoms with Crippen LogP contribution in [0.15, 0.2) is 79.0 Å². The van der Waals surface area contributed by atoms with Crippen LogP contribution in [-0.4, -0.2) is 29.6 Å². The zero-order valence-electron chi connectivity index (χ0n) is 16.0. The van der Waals surface area contributed by atoms with Crippen LogP contribution in [0.2, 0.25) is 0 Å². The second kappa shape index (κ2) is 10.1. The zero-order valence-corrected chi connectivity index (χ0v) is 16.0. The minimum Gasteiger partial charge on any atom is -0.497 e. The summed E-state index contributed by atoms with van der Waals surface area (Å²) in [4.78, 5) is 19.0. The van der Waals surface area contributed by atoms with Crippen LogP contribution in [-0.2, 0) is 19.5 Å². The van der Waals surface area contributed by atoms with Gasteiger partial charge in [0.25, 0.3) is 0 Å². The van der Waals surface area contributed by atoms with Gasteiger partial charge in [0.05, 0.1) is 19.3 Å². The summed E-state index contributed by atoms with van der Waals surface area (Å²) in [5.74, 6) is 0.801. The number of hydrogen-bond acceptors (Lipinski definition) is 3. The molecule has 0 saturated heterocycles. The predicted molar refractivity (Wildman–Crippen MR) is 110 cm³/mol. The third-order valence-electron chi connectivity index (χ3n) is 4.48. The number of nitrogens with zero attached hydrogens (tertiary/aromatic N) is 2. The van der Waals surface area contributed by atoms with E-state index in [1.165, 1.54) is 5.56 Å². The van der Waals surface area contributed by atoms with E-state index < -0.39 is 0 Å². The molecule has 5 nitrogen and oxygen atoms in total. The average molecular weight is 375 g/mol. The number of nitrogens with one attached hydrogen (secondary N) is 1. The van der Waals surface area contributed by atoms with E-state index in [9.17, 15) is 4.79 Å². The molecule has 0 saturated carbocycles. The molecule has 1 aromatic heterocycles. The van der Waals surface area contributed by atoms with Gasteiger partial charge in [-0.25, -0.2) is 4.79 Å². The maximum Gasteiger partial charge on any atom is 0.318 e. The summed E-state index contributed by atoms with van der Waals surface area (Å²) in [5.41, 5.74) is 3.10. The van der Waals surface area contributed by atoms with Gasteiger partial charge >= 0.3 is 6.03 Å². The van der Waals surface area contributed by atoms with Crippen LogP contribution in [0.25, 0.3) is 0 Å². The Hall–Kier alpha value is -3.34. The molecule has 1 N–H and O–H groups in total. The molecule has 144 valence electrons. The lowest BCUT2D eigenvalue weighted by Crippen LogP contribution is -2.40. The summed E-state index contributed by atoms with van der Waals surface area (Å²) in [6, 6.07) is 23.5. The number of amides is 2. The normalized spacial score (nSPS) is 10.3. The molecule has 5 heteroatoms. The van der Waals surface area contributed by atoms with E-state index in [2.05, 4.69) is 22.4 Å². The van der Waals surface area contributed by atoms with Crippen molar-refractivity contribution in [3.63, 3.8) is 0 Å². The summed E-state index contributed by atoms with van der Waals surface area (Å²) in [5, 5.41) is 3.01. The lowest BCUT2D eigenvalue weighted by Gasteiger charge is -2.23. The van der Waals surface area contributed by atoms with Crippen molar-refractivity contribution in [1.29, 1.82) is 0 Å². The van der Waals surface area contributed by atoms with Crippen molar-refractivity contribution in [2.45, 2.75) is 19.5 Å². The third kappa shape index (κ3) is 5.84. The Balaban J connectivity index is 1.62. The minimum atomic E-state index is -0.0996. The first kappa shape index (κ1) is 19.4. The van der Waals surface area contributed by atoms with Gasteiger partial charge in [-0.2, -0.15) is 0 Å². The van der Waals surface area contributed by atoms with Crippen LogP contribution in [0.1, 0.15) is 16.8 Å². The Morgan fingerprint density at radius 2 is 1.71 bits per heavy atom. The van der Waals surface area contributed by atoms with Gasteiger partial charge in [-0.1, -0.05) is 48.5 Å². The topological polar surface area (TPSA) is 54.5 Å². The largest absolute Gasteiger partial charge is 0.497 e. The van der Waals surface area contributed by atoms with E-state index in [1.807, 2.05) is 60.7 Å². The van der Waals surface area contributed by atoms with E-state index in [0.29, 0.717) is 19.6 Å². The van der Waals surface area contributed by atoms with Crippen molar-refractivity contribution in [3.05, 3.63) is 95.8 Å². The van der Waals surface area contributed by atoms with Crippen molar-refractivity contribution in [2.75, 3.05) is 13.7 Å². The standard InChI is InChI=1S/C23H25N3O2/c1-28-22-12-10-20(11-13-22)17-25-23(27)26(18-21-9-5-6-15-24-21)16-14-19-7-3-2-4-8-19/h2-13,15H,14,16-18H2,1H3,(H,25,27). The minimum absolute atomic E-state index is 0.0996. The molecule has 3 aromatic rings. The Bertz CT molecular complexity index is 852. The second-order valence-corrected chi connectivity index (χ2v) is 6.49. The van der Waals surface area contributed by atoms with Crippen molar-refractivity contribution < 1.29 is 9.53 Å². The molecule has 3 rings (SSSR count). The second-order valence-electron chi connectivity index (χ2n) is 6.49. The molecule has 0 unspecified atom stereocenters. The molecule has 0 bridgehead atoms. The third-order valence-corrected chi connectivity index (χ3v) is 4.48. The summed E-state index contributed by atoms with van der Waals surface area (Å²) in [7, 11) is 1.64. The molecular formula is C23H25N3O2. The van der Waals surface area contributed by atoms with E-state index in [0.717, 1.165) is 23.4 Å². The Morgan fingerprint density at radius 3 is 2.39 bits per heavy atom. The quantitative estimate of drug-likeness (QED) is 0.646. The van der Waals surface area contributed by atoms with Crippen LogP contribution < -0.4 is 10.1 Å². The van der Waals surface area contributed by atoms with Gasteiger partial charge in [0.15, 0.2) is 0 Å². The molecule has 0 aliphatic carbocycles. The van der Waals surface area contributed by atoms with Crippen molar-refractivity contribution in [1.82, 2.24) is 15.2 Å². The highest BCUT2D eigenvalue weighted by Crippen LogP contribution is 2.11. The van der Waals surface area contributed by atoms with Gasteiger partial charge in [0.2, 0.25) is 0 Å². The average Bonchev–Trinajstić information content (AvgIpc) is 2.76. The van der Waals surface area contributed by atoms with Crippen molar-refractivity contribution in [2.24, 2.45) is 0 Å². The van der Waals surface area contributed by atoms with E-state index in [4.69, 9.17) is 4.74 Å². The van der Waals surface area contributed by atoms with Crippen LogP contribution in [0.5, 0.6) is 5.75 Å². The highest BCUT2D eigenvalue weighted by atomic mass is 16.5. The number of methoxy groups -OCH3 is 1. The Kier molecular flexibility index (Phi) is 7.01. The first-order valence-electron chi connectivity index (χ1n) is 9.34. The number of aromatic nitrogens is 1. The van der Waals surface area contributed by atoms with Gasteiger partial charge in [-0.05, 0) is 41.8 Å². The lowest BCUT2D eigenvalue weighted by atomic mass is 10.1. The predicted octanol–water partition coefficient (Wildman–Crippen LogP) is 4.04. The molecule has 0 atom stereocenters. The maximum atomic E-state index is 12.8. The molecule has 0 aliphatic rings. The monoisotopic (exact) mass is 375 g/mol. The molecule has 0 radical (unpaired) electrons. The fraction of sp³-hybridized carbons (Fsp3) is 0.217. The number of carbonyl (C=O) groups excluding carboxylic acids is 1. The number of carbonyl (C=O) groups is 1. The zero-order chi connectivity index (χ0) is 19.6. The van der Waals surface area contributed by atoms with E-state index in [1.54, 1.807) is 18.2 Å². The molecule has 0 aliphatic heterocycles. The van der Waals surface area contributed by atoms with Crippen LogP contribution >= 0.6 is 0 Å². The number of ether oxygens (including phenoxy) is 1. The number of urea groups is 1. The first-order valence-corrected chi connectivity index (χ1v) is 9.34. The highest BCUT2D eigenvalue weighted by molar-refractivity contribution is 5.74. The number of benzene rings is 2. The van der Waals surface area contributed by atoms with Gasteiger partial charge in [0, 0.05) is 19.3 Å². The number of pyridine rings is 1. The molecule has 2 amide bonds. The lowest BCUT2D eigenvalue weighted by molar-refractivity contribution is 0.194. The van der Waals surface area contributed by atoms with Crippen molar-refractivity contribution >= 4 is 6.03 Å². The van der Waals surface area contributed by atoms with Gasteiger partial charge in [-0.15, -0.1) is 0 Å². The summed E-state index contributed by atoms with van der Waals surface area (Å²) in [6.07, 6.45) is 2.55. The highest BCUT2D eigenvalue weighted by Gasteiger charge is 2.14. The van der Waals surface area contributed by atoms with Gasteiger partial charge in [-0.3, -0.25) is 4.98 Å². The van der Waals surface area contributed by atoms with Gasteiger partial charge < -0.3 is 15.0 Å². The van der Waals surface area contributed by atoms with E-state index >= 15 is 0 Å². The molecule has 2 aromatic carbocycles. The van der Waals surface area contributed by atoms with Crippen LogP contribution in [0, 0.1) is 0 Å². The molecule has 1 heterocycles. The Labute approximate surface area is 166 Å². The van der Waals surface area contributed by atoms with Crippen LogP contribution in [0.3, 0.4) is 0 Å². The van der Waals surface area contributed by atoms with Gasteiger partial charge in [0.1, 0.15) is 5.75 Å². The number of hydrogen-bond donors (Lipinski definition) is 1. The number of rotatable bonds is 8. The first-order chi connectivity index (χ1) is 13.7. The maximum absolute atomic E-state index is 12.8. The molecule has 0 fully saturated rings. The fourth-order valence-electron chi connectivity index (χ4n) is 2.88. The summed E-state index contributed by atoms with van der Waals surface area (Å²) >= 11 is 0. The molecular weight excluding hydrogens is 350 g/mol. The van der Waals surface area contributed by atoms with Crippen LogP contribution in [0.4, 0.5) is 4.79 Å². The van der Waals surface area contributed by atoms with Crippen molar-refractivity contribution in [3.8, 4) is 5.75 Å².